The maximum absolute atomic E-state index is 12.1. The number of allylic oxidation sites excluding steroid dienone is 1. The Labute approximate surface area is 125 Å². The summed E-state index contributed by atoms with van der Waals surface area (Å²) < 4.78 is 5.09. The maximum atomic E-state index is 12.1. The molecule has 0 aromatic heterocycles. The van der Waals surface area contributed by atoms with E-state index in [1.807, 2.05) is 56.3 Å². The second kappa shape index (κ2) is 6.75. The van der Waals surface area contributed by atoms with Crippen LogP contribution < -0.4 is 10.1 Å². The molecule has 0 fully saturated rings. The highest BCUT2D eigenvalue weighted by molar-refractivity contribution is 6.04. The number of carbonyl (C=O) groups excluding carboxylic acids is 1. The molecule has 0 bridgehead atoms. The molecule has 0 heterocycles. The van der Waals surface area contributed by atoms with E-state index < -0.39 is 0 Å². The van der Waals surface area contributed by atoms with E-state index in [0.717, 1.165) is 17.0 Å². The van der Waals surface area contributed by atoms with Gasteiger partial charge in [0.05, 0.1) is 7.11 Å². The Hall–Kier alpha value is -2.55. The third-order valence-electron chi connectivity index (χ3n) is 3.37. The zero-order valence-corrected chi connectivity index (χ0v) is 12.5. The maximum Gasteiger partial charge on any atom is 0.187 e. The van der Waals surface area contributed by atoms with Gasteiger partial charge < -0.3 is 10.1 Å². The highest BCUT2D eigenvalue weighted by Gasteiger charge is 2.02. The van der Waals surface area contributed by atoms with E-state index in [-0.39, 0.29) is 5.78 Å². The molecular formula is C18H19NO2. The minimum atomic E-state index is -0.0147. The molecule has 0 atom stereocenters. The van der Waals surface area contributed by atoms with E-state index in [0.29, 0.717) is 5.56 Å². The van der Waals surface area contributed by atoms with Gasteiger partial charge in [-0.05, 0) is 55.3 Å². The summed E-state index contributed by atoms with van der Waals surface area (Å²) in [6, 6.07) is 13.2. The largest absolute Gasteiger partial charge is 0.497 e. The van der Waals surface area contributed by atoms with E-state index in [4.69, 9.17) is 4.74 Å². The molecule has 0 unspecified atom stereocenters. The van der Waals surface area contributed by atoms with Crippen LogP contribution >= 0.6 is 0 Å². The van der Waals surface area contributed by atoms with Crippen molar-refractivity contribution in [2.75, 3.05) is 12.4 Å². The molecule has 2 aromatic rings. The van der Waals surface area contributed by atoms with Gasteiger partial charge in [-0.1, -0.05) is 12.1 Å². The van der Waals surface area contributed by atoms with Crippen LogP contribution in [0.15, 0.2) is 54.7 Å². The van der Waals surface area contributed by atoms with Crippen molar-refractivity contribution in [2.24, 2.45) is 0 Å². The summed E-state index contributed by atoms with van der Waals surface area (Å²) >= 11 is 0. The topological polar surface area (TPSA) is 38.3 Å². The standard InChI is InChI=1S/C18H19NO2/c1-13-4-5-15(12-14(13)2)18(20)10-11-19-16-6-8-17(21-3)9-7-16/h4-12,19H,1-3H3/b11-10+. The monoisotopic (exact) mass is 281 g/mol. The Balaban J connectivity index is 1.99. The van der Waals surface area contributed by atoms with Crippen molar-refractivity contribution >= 4 is 11.5 Å². The van der Waals surface area contributed by atoms with E-state index >= 15 is 0 Å². The molecule has 108 valence electrons. The van der Waals surface area contributed by atoms with Gasteiger partial charge in [-0.3, -0.25) is 4.79 Å². The number of aryl methyl sites for hydroxylation is 2. The van der Waals surface area contributed by atoms with Crippen LogP contribution in [0.2, 0.25) is 0 Å². The van der Waals surface area contributed by atoms with Crippen LogP contribution in [0.1, 0.15) is 21.5 Å². The third-order valence-corrected chi connectivity index (χ3v) is 3.37. The average molecular weight is 281 g/mol. The molecule has 0 aliphatic carbocycles. The van der Waals surface area contributed by atoms with Gasteiger partial charge in [0, 0.05) is 23.5 Å². The molecule has 0 saturated heterocycles. The minimum Gasteiger partial charge on any atom is -0.497 e. The summed E-state index contributed by atoms with van der Waals surface area (Å²) in [6.45, 7) is 4.04. The van der Waals surface area contributed by atoms with Crippen molar-refractivity contribution in [1.29, 1.82) is 0 Å². The number of rotatable bonds is 5. The molecule has 0 radical (unpaired) electrons. The summed E-state index contributed by atoms with van der Waals surface area (Å²) in [4.78, 5) is 12.1. The molecule has 0 saturated carbocycles. The smallest absolute Gasteiger partial charge is 0.187 e. The molecule has 21 heavy (non-hydrogen) atoms. The molecule has 0 amide bonds. The van der Waals surface area contributed by atoms with Crippen molar-refractivity contribution in [3.63, 3.8) is 0 Å². The zero-order valence-electron chi connectivity index (χ0n) is 12.5. The lowest BCUT2D eigenvalue weighted by Gasteiger charge is -2.03. The Bertz CT molecular complexity index is 657. The van der Waals surface area contributed by atoms with Gasteiger partial charge in [0.2, 0.25) is 0 Å². The molecule has 1 N–H and O–H groups in total. The number of ether oxygens (including phenoxy) is 1. The Morgan fingerprint density at radius 1 is 1.05 bits per heavy atom. The second-order valence-electron chi connectivity index (χ2n) is 4.87. The first kappa shape index (κ1) is 14.9. The lowest BCUT2D eigenvalue weighted by atomic mass is 10.0. The molecular weight excluding hydrogens is 262 g/mol. The summed E-state index contributed by atoms with van der Waals surface area (Å²) in [7, 11) is 1.63. The van der Waals surface area contributed by atoms with Gasteiger partial charge in [0.25, 0.3) is 0 Å². The van der Waals surface area contributed by atoms with E-state index in [1.54, 1.807) is 13.3 Å². The molecule has 0 spiro atoms. The lowest BCUT2D eigenvalue weighted by Crippen LogP contribution is -1.97. The molecule has 3 nitrogen and oxygen atoms in total. The number of hydrogen-bond donors (Lipinski definition) is 1. The van der Waals surface area contributed by atoms with E-state index in [1.165, 1.54) is 11.6 Å². The number of hydrogen-bond acceptors (Lipinski definition) is 3. The average Bonchev–Trinajstić information content (AvgIpc) is 2.50. The molecule has 0 aliphatic rings. The fourth-order valence-corrected chi connectivity index (χ4v) is 1.89. The molecule has 2 aromatic carbocycles. The first-order valence-electron chi connectivity index (χ1n) is 6.79. The van der Waals surface area contributed by atoms with Crippen LogP contribution in [0.3, 0.4) is 0 Å². The SMILES string of the molecule is COc1ccc(N/C=C/C(=O)c2ccc(C)c(C)c2)cc1. The number of ketones is 1. The number of methoxy groups -OCH3 is 1. The number of anilines is 1. The van der Waals surface area contributed by atoms with Gasteiger partial charge in [0.15, 0.2) is 5.78 Å². The molecule has 2 rings (SSSR count). The predicted octanol–water partition coefficient (Wildman–Crippen LogP) is 4.12. The number of benzene rings is 2. The van der Waals surface area contributed by atoms with Gasteiger partial charge in [-0.2, -0.15) is 0 Å². The normalized spacial score (nSPS) is 10.6. The van der Waals surface area contributed by atoms with E-state index in [2.05, 4.69) is 5.32 Å². The van der Waals surface area contributed by atoms with Crippen molar-refractivity contribution < 1.29 is 9.53 Å². The highest BCUT2D eigenvalue weighted by Crippen LogP contribution is 2.15. The van der Waals surface area contributed by atoms with Gasteiger partial charge in [-0.15, -0.1) is 0 Å². The first-order valence-corrected chi connectivity index (χ1v) is 6.79. The van der Waals surface area contributed by atoms with Gasteiger partial charge in [-0.25, -0.2) is 0 Å². The molecule has 3 heteroatoms. The van der Waals surface area contributed by atoms with Crippen LogP contribution in [0.5, 0.6) is 5.75 Å². The number of carbonyl (C=O) groups is 1. The second-order valence-corrected chi connectivity index (χ2v) is 4.87. The lowest BCUT2D eigenvalue weighted by molar-refractivity contribution is 0.104. The van der Waals surface area contributed by atoms with Crippen LogP contribution in [0.4, 0.5) is 5.69 Å². The van der Waals surface area contributed by atoms with Crippen LogP contribution in [-0.4, -0.2) is 12.9 Å². The minimum absolute atomic E-state index is 0.0147. The fraction of sp³-hybridized carbons (Fsp3) is 0.167. The number of nitrogens with one attached hydrogen (secondary N) is 1. The van der Waals surface area contributed by atoms with Crippen LogP contribution in [0, 0.1) is 13.8 Å². The summed E-state index contributed by atoms with van der Waals surface area (Å²) in [5.41, 5.74) is 3.91. The van der Waals surface area contributed by atoms with E-state index in [9.17, 15) is 4.79 Å². The van der Waals surface area contributed by atoms with Gasteiger partial charge >= 0.3 is 0 Å². The Kier molecular flexibility index (Phi) is 4.77. The van der Waals surface area contributed by atoms with Crippen LogP contribution in [-0.2, 0) is 0 Å². The highest BCUT2D eigenvalue weighted by atomic mass is 16.5. The third kappa shape index (κ3) is 3.96. The van der Waals surface area contributed by atoms with Gasteiger partial charge in [0.1, 0.15) is 5.75 Å². The Morgan fingerprint density at radius 2 is 1.76 bits per heavy atom. The van der Waals surface area contributed by atoms with Crippen molar-refractivity contribution in [3.05, 3.63) is 71.4 Å². The van der Waals surface area contributed by atoms with Crippen molar-refractivity contribution in [2.45, 2.75) is 13.8 Å². The zero-order chi connectivity index (χ0) is 15.2. The van der Waals surface area contributed by atoms with Crippen molar-refractivity contribution in [3.8, 4) is 5.75 Å². The summed E-state index contributed by atoms with van der Waals surface area (Å²) in [5, 5.41) is 3.07. The summed E-state index contributed by atoms with van der Waals surface area (Å²) in [5.74, 6) is 0.787. The summed E-state index contributed by atoms with van der Waals surface area (Å²) in [6.07, 6.45) is 3.19. The first-order chi connectivity index (χ1) is 10.1. The quantitative estimate of drug-likeness (QED) is 0.662. The predicted molar refractivity (Wildman–Crippen MR) is 86.0 cm³/mol. The fourth-order valence-electron chi connectivity index (χ4n) is 1.89. The van der Waals surface area contributed by atoms with Crippen molar-refractivity contribution in [1.82, 2.24) is 0 Å². The van der Waals surface area contributed by atoms with Crippen LogP contribution in [0.25, 0.3) is 0 Å². The molecule has 0 aliphatic heterocycles. The Morgan fingerprint density at radius 3 is 2.38 bits per heavy atom.